The summed E-state index contributed by atoms with van der Waals surface area (Å²) >= 11 is 0. The van der Waals surface area contributed by atoms with Crippen molar-refractivity contribution in [2.24, 2.45) is 0 Å². The van der Waals surface area contributed by atoms with Crippen LogP contribution in [-0.4, -0.2) is 73.4 Å². The zero-order valence-electron chi connectivity index (χ0n) is 52.5. The van der Waals surface area contributed by atoms with Gasteiger partial charge in [0, 0.05) is 6.42 Å². The Morgan fingerprint density at radius 3 is 1.14 bits per heavy atom. The first-order valence-electron chi connectivity index (χ1n) is 32.4. The van der Waals surface area contributed by atoms with Crippen molar-refractivity contribution in [1.82, 2.24) is 5.32 Å². The highest BCUT2D eigenvalue weighted by molar-refractivity contribution is 7.47. The van der Waals surface area contributed by atoms with Gasteiger partial charge in [-0.1, -0.05) is 268 Å². The van der Waals surface area contributed by atoms with Gasteiger partial charge >= 0.3 is 7.82 Å². The third-order valence-electron chi connectivity index (χ3n) is 13.5. The summed E-state index contributed by atoms with van der Waals surface area (Å²) in [6, 6.07) is -0.898. The van der Waals surface area contributed by atoms with E-state index in [0.29, 0.717) is 17.4 Å². The van der Waals surface area contributed by atoms with E-state index in [4.69, 9.17) is 9.05 Å². The van der Waals surface area contributed by atoms with E-state index in [2.05, 4.69) is 165 Å². The number of amides is 1. The van der Waals surface area contributed by atoms with Gasteiger partial charge in [-0.2, -0.15) is 0 Å². The predicted molar refractivity (Wildman–Crippen MR) is 354 cm³/mol. The monoisotopic (exact) mass is 1140 g/mol. The zero-order chi connectivity index (χ0) is 59.1. The number of hydrogen-bond donors (Lipinski definition) is 3. The summed E-state index contributed by atoms with van der Waals surface area (Å²) in [5.41, 5.74) is 0. The largest absolute Gasteiger partial charge is 0.472 e. The average Bonchev–Trinajstić information content (AvgIpc) is 3.43. The van der Waals surface area contributed by atoms with E-state index in [1.54, 1.807) is 6.08 Å². The van der Waals surface area contributed by atoms with Crippen LogP contribution in [0.3, 0.4) is 0 Å². The molecular weight excluding hydrogens is 1020 g/mol. The van der Waals surface area contributed by atoms with Gasteiger partial charge in [0.05, 0.1) is 39.9 Å². The van der Waals surface area contributed by atoms with Gasteiger partial charge in [0.15, 0.2) is 0 Å². The first-order chi connectivity index (χ1) is 39.5. The third-order valence-corrected chi connectivity index (χ3v) is 14.4. The second kappa shape index (κ2) is 60.7. The molecule has 3 atom stereocenters. The first kappa shape index (κ1) is 77.1. The Morgan fingerprint density at radius 1 is 0.432 bits per heavy atom. The third kappa shape index (κ3) is 63.5. The summed E-state index contributed by atoms with van der Waals surface area (Å²) < 4.78 is 23.7. The number of hydrogen-bond acceptors (Lipinski definition) is 5. The number of nitrogens with zero attached hydrogens (tertiary/aromatic N) is 1. The normalized spacial score (nSPS) is 14.8. The van der Waals surface area contributed by atoms with Crippen molar-refractivity contribution >= 4 is 13.7 Å². The number of phosphoric ester groups is 1. The topological polar surface area (TPSA) is 105 Å². The van der Waals surface area contributed by atoms with Gasteiger partial charge in [-0.3, -0.25) is 13.8 Å². The second-order valence-electron chi connectivity index (χ2n) is 22.4. The van der Waals surface area contributed by atoms with Crippen LogP contribution in [0.5, 0.6) is 0 Å². The molecule has 0 saturated heterocycles. The van der Waals surface area contributed by atoms with Crippen molar-refractivity contribution in [3.63, 3.8) is 0 Å². The van der Waals surface area contributed by atoms with Crippen LogP contribution in [0.2, 0.25) is 0 Å². The van der Waals surface area contributed by atoms with E-state index < -0.39 is 20.0 Å². The molecule has 3 N–H and O–H groups in total. The summed E-state index contributed by atoms with van der Waals surface area (Å²) in [6.45, 7) is 4.64. The standard InChI is InChI=1S/C72H121N2O6P/c1-6-8-10-12-14-16-18-20-22-24-26-28-30-32-33-34-35-36-37-38-39-40-41-42-44-46-48-50-52-54-56-58-60-62-64-66-72(76)73-70(69-80-81(77,78)79-68-67-74(3,4)5)71(75)65-63-61-59-57-55-53-51-49-47-45-43-31-29-27-25-23-21-19-17-15-13-11-9-7-2/h8,10,14,16,20,22,26,28,32-33,35-36,38-39,41-42,46-49,52,54-55,57,63,65,70-71,75H,6-7,9,11-13,15,17-19,21,23-25,27,29-31,34,37,40,43-45,50-51,53,56,58-62,64,66-69H2,1-5H3,(H-,73,76,77,78)/p+1/b10-8-,16-14-,22-20-,28-26-,33-32-,36-35-,39-38-,42-41-,48-46-,49-47+,54-52-,57-55+,65-63+. The first-order valence-corrected chi connectivity index (χ1v) is 33.9. The molecule has 3 unspecified atom stereocenters. The Morgan fingerprint density at radius 2 is 0.753 bits per heavy atom. The molecular formula is C72H122N2O6P+. The molecule has 1 amide bonds. The lowest BCUT2D eigenvalue weighted by molar-refractivity contribution is -0.870. The van der Waals surface area contributed by atoms with Crippen molar-refractivity contribution in [3.05, 3.63) is 158 Å². The number of carbonyl (C=O) groups excluding carboxylic acids is 1. The average molecular weight is 1140 g/mol. The Kier molecular flexibility index (Phi) is 57.8. The van der Waals surface area contributed by atoms with Crippen LogP contribution in [-0.2, 0) is 18.4 Å². The lowest BCUT2D eigenvalue weighted by Crippen LogP contribution is -2.45. The maximum Gasteiger partial charge on any atom is 0.472 e. The molecule has 0 aromatic carbocycles. The summed E-state index contributed by atoms with van der Waals surface area (Å²) in [7, 11) is 1.51. The van der Waals surface area contributed by atoms with Crippen LogP contribution < -0.4 is 5.32 Å². The van der Waals surface area contributed by atoms with Gasteiger partial charge in [0.1, 0.15) is 13.2 Å². The molecule has 9 heteroatoms. The van der Waals surface area contributed by atoms with Gasteiger partial charge in [0.25, 0.3) is 0 Å². The zero-order valence-corrected chi connectivity index (χ0v) is 53.4. The molecule has 0 fully saturated rings. The molecule has 0 aliphatic carbocycles. The van der Waals surface area contributed by atoms with Crippen LogP contribution >= 0.6 is 7.82 Å². The van der Waals surface area contributed by atoms with Gasteiger partial charge in [-0.15, -0.1) is 0 Å². The van der Waals surface area contributed by atoms with Gasteiger partial charge in [-0.05, 0) is 122 Å². The number of carbonyl (C=O) groups is 1. The molecule has 8 nitrogen and oxygen atoms in total. The highest BCUT2D eigenvalue weighted by atomic mass is 31.2. The van der Waals surface area contributed by atoms with Crippen LogP contribution in [0.4, 0.5) is 0 Å². The maximum atomic E-state index is 13.0. The minimum atomic E-state index is -4.38. The number of allylic oxidation sites excluding steroid dienone is 25. The number of likely N-dealkylation sites (N-methyl/N-ethyl adjacent to an activating group) is 1. The highest BCUT2D eigenvalue weighted by Gasteiger charge is 2.27. The fraction of sp³-hybridized carbons (Fsp3) is 0.625. The quantitative estimate of drug-likeness (QED) is 0.0243. The number of nitrogens with one attached hydrogen (secondary N) is 1. The smallest absolute Gasteiger partial charge is 0.387 e. The number of unbranched alkanes of at least 4 members (excludes halogenated alkanes) is 20. The van der Waals surface area contributed by atoms with E-state index in [0.717, 1.165) is 122 Å². The Bertz CT molecular complexity index is 1870. The molecule has 0 rings (SSSR count). The molecule has 0 spiro atoms. The van der Waals surface area contributed by atoms with E-state index in [1.807, 2.05) is 27.2 Å². The molecule has 0 bridgehead atoms. The van der Waals surface area contributed by atoms with Crippen molar-refractivity contribution in [1.29, 1.82) is 0 Å². The molecule has 460 valence electrons. The lowest BCUT2D eigenvalue weighted by atomic mass is 10.0. The molecule has 0 aromatic rings. The van der Waals surface area contributed by atoms with E-state index in [-0.39, 0.29) is 19.1 Å². The van der Waals surface area contributed by atoms with Gasteiger partial charge in [0.2, 0.25) is 5.91 Å². The predicted octanol–water partition coefficient (Wildman–Crippen LogP) is 20.6. The molecule has 0 aliphatic rings. The molecule has 0 aliphatic heterocycles. The molecule has 0 aromatic heterocycles. The minimum Gasteiger partial charge on any atom is -0.387 e. The fourth-order valence-corrected chi connectivity index (χ4v) is 9.19. The summed E-state index contributed by atoms with van der Waals surface area (Å²) in [5.74, 6) is -0.221. The summed E-state index contributed by atoms with van der Waals surface area (Å²) in [6.07, 6.45) is 95.1. The van der Waals surface area contributed by atoms with Crippen LogP contribution in [0.15, 0.2) is 158 Å². The van der Waals surface area contributed by atoms with Crippen molar-refractivity contribution < 1.29 is 32.9 Å². The van der Waals surface area contributed by atoms with Crippen molar-refractivity contribution in [2.75, 3.05) is 40.9 Å². The van der Waals surface area contributed by atoms with E-state index in [9.17, 15) is 19.4 Å². The maximum absolute atomic E-state index is 13.0. The number of aliphatic hydroxyl groups is 1. The minimum absolute atomic E-state index is 0.0392. The Balaban J connectivity index is 4.33. The van der Waals surface area contributed by atoms with Crippen LogP contribution in [0, 0.1) is 0 Å². The van der Waals surface area contributed by atoms with Crippen molar-refractivity contribution in [3.8, 4) is 0 Å². The SMILES string of the molecule is CC/C=C\C/C=C\C/C=C\C/C=C\C/C=C\C/C=C\C/C=C\C/C=C\C/C=C\C/C=C\CCCCCCC(=O)NC(COP(=O)(O)OCC[N+](C)(C)C)C(O)/C=C/CC/C=C/CC/C=C/CCCCCCCCCCCCCCCC. The van der Waals surface area contributed by atoms with E-state index >= 15 is 0 Å². The fourth-order valence-electron chi connectivity index (χ4n) is 8.45. The molecule has 0 radical (unpaired) electrons. The lowest BCUT2D eigenvalue weighted by Gasteiger charge is -2.25. The van der Waals surface area contributed by atoms with Crippen LogP contribution in [0.1, 0.15) is 239 Å². The highest BCUT2D eigenvalue weighted by Crippen LogP contribution is 2.43. The number of rotatable bonds is 57. The Hall–Kier alpha value is -3.88. The van der Waals surface area contributed by atoms with Gasteiger partial charge in [-0.25, -0.2) is 4.57 Å². The molecule has 81 heavy (non-hydrogen) atoms. The molecule has 0 heterocycles. The van der Waals surface area contributed by atoms with Crippen LogP contribution in [0.25, 0.3) is 0 Å². The number of quaternary nitrogens is 1. The summed E-state index contributed by atoms with van der Waals surface area (Å²) in [4.78, 5) is 23.4. The van der Waals surface area contributed by atoms with Gasteiger partial charge < -0.3 is 19.8 Å². The van der Waals surface area contributed by atoms with Crippen molar-refractivity contribution in [2.45, 2.75) is 251 Å². The summed E-state index contributed by atoms with van der Waals surface area (Å²) in [5, 5.41) is 13.9. The Labute approximate surface area is 499 Å². The number of phosphoric acid groups is 1. The van der Waals surface area contributed by atoms with E-state index in [1.165, 1.54) is 96.3 Å². The second-order valence-corrected chi connectivity index (χ2v) is 23.8. The number of aliphatic hydroxyl groups excluding tert-OH is 1. The molecule has 0 saturated carbocycles.